The lowest BCUT2D eigenvalue weighted by atomic mass is 10.1. The molecule has 0 saturated carbocycles. The fraction of sp³-hybridized carbons (Fsp3) is 0.529. The molecular formula is C17H22N2O3. The fourth-order valence-electron chi connectivity index (χ4n) is 3.22. The number of hydrogen-bond donors (Lipinski definition) is 0. The van der Waals surface area contributed by atoms with Gasteiger partial charge in [-0.05, 0) is 12.5 Å². The molecule has 2 atom stereocenters. The summed E-state index contributed by atoms with van der Waals surface area (Å²) in [4.78, 5) is 28.5. The summed E-state index contributed by atoms with van der Waals surface area (Å²) in [6.07, 6.45) is 0.327. The smallest absolute Gasteiger partial charge is 0.228 e. The van der Waals surface area contributed by atoms with Crippen molar-refractivity contribution in [3.05, 3.63) is 35.9 Å². The molecule has 5 heteroatoms. The molecule has 3 rings (SSSR count). The second kappa shape index (κ2) is 6.48. The molecule has 2 fully saturated rings. The predicted octanol–water partition coefficient (Wildman–Crippen LogP) is 1.45. The first kappa shape index (κ1) is 15.0. The van der Waals surface area contributed by atoms with Gasteiger partial charge in [0.2, 0.25) is 11.8 Å². The number of nitrogens with zero attached hydrogens (tertiary/aromatic N) is 2. The van der Waals surface area contributed by atoms with Crippen molar-refractivity contribution in [2.45, 2.75) is 19.4 Å². The highest BCUT2D eigenvalue weighted by Crippen LogP contribution is 2.29. The Morgan fingerprint density at radius 3 is 2.59 bits per heavy atom. The molecule has 5 nitrogen and oxygen atoms in total. The Kier molecular flexibility index (Phi) is 4.43. The van der Waals surface area contributed by atoms with Crippen molar-refractivity contribution in [2.24, 2.45) is 5.92 Å². The maximum atomic E-state index is 12.5. The third-order valence-corrected chi connectivity index (χ3v) is 4.58. The lowest BCUT2D eigenvalue weighted by Gasteiger charge is -2.29. The second-order valence-corrected chi connectivity index (χ2v) is 5.97. The predicted molar refractivity (Wildman–Crippen MR) is 82.1 cm³/mol. The maximum Gasteiger partial charge on any atom is 0.228 e. The molecule has 0 bridgehead atoms. The van der Waals surface area contributed by atoms with Gasteiger partial charge in [-0.1, -0.05) is 30.3 Å². The average molecular weight is 302 g/mol. The third kappa shape index (κ3) is 2.99. The number of hydrogen-bond acceptors (Lipinski definition) is 3. The Morgan fingerprint density at radius 1 is 1.23 bits per heavy atom. The van der Waals surface area contributed by atoms with Crippen molar-refractivity contribution in [1.82, 2.24) is 9.80 Å². The topological polar surface area (TPSA) is 49.9 Å². The molecule has 2 saturated heterocycles. The number of carbonyl (C=O) groups excluding carboxylic acids is 2. The molecule has 0 aromatic heterocycles. The van der Waals surface area contributed by atoms with E-state index in [-0.39, 0.29) is 23.8 Å². The largest absolute Gasteiger partial charge is 0.378 e. The molecule has 1 aromatic carbocycles. The normalized spacial score (nSPS) is 23.7. The quantitative estimate of drug-likeness (QED) is 0.849. The van der Waals surface area contributed by atoms with E-state index in [0.29, 0.717) is 39.3 Å². The highest BCUT2D eigenvalue weighted by molar-refractivity contribution is 5.89. The molecule has 0 N–H and O–H groups in total. The van der Waals surface area contributed by atoms with Gasteiger partial charge in [0.25, 0.3) is 0 Å². The summed E-state index contributed by atoms with van der Waals surface area (Å²) in [5.41, 5.74) is 1.11. The summed E-state index contributed by atoms with van der Waals surface area (Å²) >= 11 is 0. The van der Waals surface area contributed by atoms with Gasteiger partial charge in [-0.2, -0.15) is 0 Å². The van der Waals surface area contributed by atoms with Crippen LogP contribution in [0.1, 0.15) is 24.9 Å². The third-order valence-electron chi connectivity index (χ3n) is 4.58. The first-order chi connectivity index (χ1) is 10.7. The van der Waals surface area contributed by atoms with Crippen LogP contribution in [0.2, 0.25) is 0 Å². The van der Waals surface area contributed by atoms with Crippen LogP contribution in [0.4, 0.5) is 0 Å². The van der Waals surface area contributed by atoms with Crippen molar-refractivity contribution >= 4 is 11.8 Å². The van der Waals surface area contributed by atoms with Crippen LogP contribution < -0.4 is 0 Å². The van der Waals surface area contributed by atoms with Gasteiger partial charge in [0, 0.05) is 26.1 Å². The molecule has 2 aliphatic heterocycles. The zero-order valence-corrected chi connectivity index (χ0v) is 12.9. The first-order valence-electron chi connectivity index (χ1n) is 7.88. The van der Waals surface area contributed by atoms with Crippen LogP contribution in [0, 0.1) is 5.92 Å². The molecule has 2 amide bonds. The number of amides is 2. The Bertz CT molecular complexity index is 540. The van der Waals surface area contributed by atoms with Gasteiger partial charge >= 0.3 is 0 Å². The lowest BCUT2D eigenvalue weighted by molar-refractivity contribution is -0.139. The molecule has 22 heavy (non-hydrogen) atoms. The number of rotatable bonds is 3. The van der Waals surface area contributed by atoms with Crippen LogP contribution in [0.25, 0.3) is 0 Å². The summed E-state index contributed by atoms with van der Waals surface area (Å²) in [5, 5.41) is 0. The van der Waals surface area contributed by atoms with E-state index >= 15 is 0 Å². The lowest BCUT2D eigenvalue weighted by Crippen LogP contribution is -2.44. The molecule has 0 radical (unpaired) electrons. The fourth-order valence-corrected chi connectivity index (χ4v) is 3.22. The number of carbonyl (C=O) groups is 2. The Hall–Kier alpha value is -1.88. The summed E-state index contributed by atoms with van der Waals surface area (Å²) < 4.78 is 5.28. The van der Waals surface area contributed by atoms with Gasteiger partial charge in [-0.3, -0.25) is 9.59 Å². The first-order valence-corrected chi connectivity index (χ1v) is 7.88. The van der Waals surface area contributed by atoms with Crippen molar-refractivity contribution < 1.29 is 14.3 Å². The highest BCUT2D eigenvalue weighted by atomic mass is 16.5. The van der Waals surface area contributed by atoms with E-state index in [4.69, 9.17) is 4.74 Å². The monoisotopic (exact) mass is 302 g/mol. The molecule has 2 aliphatic rings. The number of morpholine rings is 1. The van der Waals surface area contributed by atoms with Crippen molar-refractivity contribution in [3.8, 4) is 0 Å². The standard InChI is InChI=1S/C17H22N2O3/c1-13(14-5-3-2-4-6-14)19-12-15(11-16(19)20)17(21)18-7-9-22-10-8-18/h2-6,13,15H,7-12H2,1H3/t13-,15-/m0/s1. The van der Waals surface area contributed by atoms with Crippen LogP contribution in [0.5, 0.6) is 0 Å². The number of benzene rings is 1. The summed E-state index contributed by atoms with van der Waals surface area (Å²) in [7, 11) is 0. The zero-order chi connectivity index (χ0) is 15.5. The number of ether oxygens (including phenoxy) is 1. The second-order valence-electron chi connectivity index (χ2n) is 5.97. The molecular weight excluding hydrogens is 280 g/mol. The minimum Gasteiger partial charge on any atom is -0.378 e. The molecule has 0 unspecified atom stereocenters. The minimum atomic E-state index is -0.211. The van der Waals surface area contributed by atoms with Gasteiger partial charge in [0.15, 0.2) is 0 Å². The van der Waals surface area contributed by atoms with Gasteiger partial charge in [-0.25, -0.2) is 0 Å². The molecule has 2 heterocycles. The molecule has 118 valence electrons. The molecule has 1 aromatic rings. The van der Waals surface area contributed by atoms with E-state index in [1.165, 1.54) is 0 Å². The minimum absolute atomic E-state index is 0.0104. The van der Waals surface area contributed by atoms with E-state index < -0.39 is 0 Å². The zero-order valence-electron chi connectivity index (χ0n) is 12.9. The van der Waals surface area contributed by atoms with Gasteiger partial charge in [0.1, 0.15) is 0 Å². The van der Waals surface area contributed by atoms with Crippen LogP contribution in [0.3, 0.4) is 0 Å². The van der Waals surface area contributed by atoms with E-state index in [9.17, 15) is 9.59 Å². The Labute approximate surface area is 130 Å². The maximum absolute atomic E-state index is 12.5. The van der Waals surface area contributed by atoms with Crippen molar-refractivity contribution in [2.75, 3.05) is 32.8 Å². The summed E-state index contributed by atoms with van der Waals surface area (Å²) in [6, 6.07) is 9.97. The Morgan fingerprint density at radius 2 is 1.91 bits per heavy atom. The van der Waals surface area contributed by atoms with Gasteiger partial charge in [-0.15, -0.1) is 0 Å². The van der Waals surface area contributed by atoms with Crippen LogP contribution in [0.15, 0.2) is 30.3 Å². The SMILES string of the molecule is C[C@@H](c1ccccc1)N1C[C@@H](C(=O)N2CCOCC2)CC1=O. The highest BCUT2D eigenvalue weighted by Gasteiger charge is 2.38. The van der Waals surface area contributed by atoms with Crippen molar-refractivity contribution in [3.63, 3.8) is 0 Å². The van der Waals surface area contributed by atoms with Crippen LogP contribution in [-0.4, -0.2) is 54.5 Å². The average Bonchev–Trinajstić information content (AvgIpc) is 2.97. The van der Waals surface area contributed by atoms with E-state index in [0.717, 1.165) is 5.56 Å². The van der Waals surface area contributed by atoms with E-state index in [2.05, 4.69) is 0 Å². The molecule has 0 spiro atoms. The van der Waals surface area contributed by atoms with E-state index in [1.807, 2.05) is 47.1 Å². The van der Waals surface area contributed by atoms with Gasteiger partial charge < -0.3 is 14.5 Å². The molecule has 0 aliphatic carbocycles. The van der Waals surface area contributed by atoms with Gasteiger partial charge in [0.05, 0.1) is 25.2 Å². The van der Waals surface area contributed by atoms with Crippen molar-refractivity contribution in [1.29, 1.82) is 0 Å². The Balaban J connectivity index is 1.66. The van der Waals surface area contributed by atoms with Crippen LogP contribution in [-0.2, 0) is 14.3 Å². The van der Waals surface area contributed by atoms with E-state index in [1.54, 1.807) is 0 Å². The number of likely N-dealkylation sites (tertiary alicyclic amines) is 1. The summed E-state index contributed by atoms with van der Waals surface area (Å²) in [5.74, 6) is -0.0425. The summed E-state index contributed by atoms with van der Waals surface area (Å²) in [6.45, 7) is 5.00. The van der Waals surface area contributed by atoms with Crippen LogP contribution >= 0.6 is 0 Å².